The minimum Gasteiger partial charge on any atom is -0.462 e. The molecule has 3 aromatic carbocycles. The van der Waals surface area contributed by atoms with Gasteiger partial charge in [0.25, 0.3) is 0 Å². The fourth-order valence-electron chi connectivity index (χ4n) is 3.24. The Balaban J connectivity index is 2.56. The smallest absolute Gasteiger partial charge is 0.346 e. The Kier molecular flexibility index (Phi) is 6.76. The molecular weight excluding hydrogens is 385 g/mol. The lowest BCUT2D eigenvalue weighted by molar-refractivity contribution is -0.134. The Hall–Kier alpha value is -2.73. The van der Waals surface area contributed by atoms with Crippen molar-refractivity contribution in [3.05, 3.63) is 91.0 Å². The number of thioether (sulfide) groups is 1. The molecule has 0 spiro atoms. The van der Waals surface area contributed by atoms with Crippen molar-refractivity contribution < 1.29 is 9.53 Å². The molecule has 0 fully saturated rings. The van der Waals surface area contributed by atoms with E-state index in [1.165, 1.54) is 0 Å². The average molecular weight is 405 g/mol. The quantitative estimate of drug-likeness (QED) is 0.355. The van der Waals surface area contributed by atoms with E-state index in [-0.39, 0.29) is 6.61 Å². The molecule has 0 aliphatic rings. The van der Waals surface area contributed by atoms with E-state index in [0.717, 1.165) is 27.7 Å². The summed E-state index contributed by atoms with van der Waals surface area (Å²) in [6.45, 7) is -0.549. The lowest BCUT2D eigenvalue weighted by atomic mass is 10.4. The van der Waals surface area contributed by atoms with Crippen LogP contribution in [0.25, 0.3) is 0 Å². The van der Waals surface area contributed by atoms with E-state index < -0.39 is 12.9 Å². The molecule has 0 radical (unpaired) electrons. The average Bonchev–Trinajstić information content (AvgIpc) is 2.76. The van der Waals surface area contributed by atoms with Gasteiger partial charge in [0, 0.05) is 0 Å². The summed E-state index contributed by atoms with van der Waals surface area (Å²) < 4.78 is 5.85. The second kappa shape index (κ2) is 9.46. The third-order valence-electron chi connectivity index (χ3n) is 4.33. The molecule has 3 rings (SSSR count). The summed E-state index contributed by atoms with van der Waals surface area (Å²) in [6, 6.07) is 29.9. The van der Waals surface area contributed by atoms with Crippen molar-refractivity contribution in [3.63, 3.8) is 0 Å². The maximum atomic E-state index is 13.1. The van der Waals surface area contributed by atoms with Crippen LogP contribution in [0, 0.1) is 10.7 Å². The first-order chi connectivity index (χ1) is 13.7. The van der Waals surface area contributed by atoms with Gasteiger partial charge in [0.15, 0.2) is 0 Å². The number of thiocyanates is 1. The number of rotatable bonds is 6. The zero-order valence-electron chi connectivity index (χ0n) is 15.5. The first kappa shape index (κ1) is 20.0. The third-order valence-corrected chi connectivity index (χ3v) is 9.88. The summed E-state index contributed by atoms with van der Waals surface area (Å²) >= 11 is 0.913. The van der Waals surface area contributed by atoms with Gasteiger partial charge in [0.1, 0.15) is 10.0 Å². The van der Waals surface area contributed by atoms with E-state index in [2.05, 4.69) is 5.40 Å². The summed E-state index contributed by atoms with van der Waals surface area (Å²) in [5.74, 6) is -0.432. The molecule has 3 nitrogen and oxygen atoms in total. The van der Waals surface area contributed by atoms with Gasteiger partial charge in [-0.25, -0.2) is 4.79 Å². The van der Waals surface area contributed by atoms with E-state index >= 15 is 0 Å². The van der Waals surface area contributed by atoms with Crippen LogP contribution in [-0.4, -0.2) is 17.2 Å². The van der Waals surface area contributed by atoms with Gasteiger partial charge in [-0.05, 0) is 41.5 Å². The minimum absolute atomic E-state index is 0.257. The summed E-state index contributed by atoms with van der Waals surface area (Å²) in [6.07, 6.45) is 0. The molecule has 0 unspecified atom stereocenters. The molecule has 28 heavy (non-hydrogen) atoms. The Labute approximate surface area is 170 Å². The number of carbonyl (C=O) groups excluding carboxylic acids is 1. The molecule has 0 N–H and O–H groups in total. The molecule has 0 aromatic heterocycles. The fourth-order valence-corrected chi connectivity index (χ4v) is 8.88. The van der Waals surface area contributed by atoms with Crippen molar-refractivity contribution >= 4 is 45.2 Å². The number of benzene rings is 3. The zero-order chi connectivity index (χ0) is 19.8. The maximum Gasteiger partial charge on any atom is 0.346 e. The van der Waals surface area contributed by atoms with Crippen molar-refractivity contribution in [2.24, 2.45) is 0 Å². The first-order valence-corrected chi connectivity index (χ1v) is 11.5. The standard InChI is InChI=1S/C23H20NO2PS/c1-2-26-22(25)23(28-18-24)27(19-12-6-3-7-13-19,20-14-8-4-9-15-20)21-16-10-5-11-17-21/h3-17H,2H2,1H3. The van der Waals surface area contributed by atoms with E-state index in [1.54, 1.807) is 6.92 Å². The summed E-state index contributed by atoms with van der Waals surface area (Å²) in [4.78, 5) is 13.1. The molecule has 0 saturated carbocycles. The highest BCUT2D eigenvalue weighted by atomic mass is 32.2. The normalized spacial score (nSPS) is 10.7. The van der Waals surface area contributed by atoms with Gasteiger partial charge in [-0.15, -0.1) is 0 Å². The van der Waals surface area contributed by atoms with Crippen molar-refractivity contribution in [1.82, 2.24) is 0 Å². The highest BCUT2D eigenvalue weighted by Crippen LogP contribution is 2.48. The summed E-state index contributed by atoms with van der Waals surface area (Å²) in [5.41, 5.74) is 0. The van der Waals surface area contributed by atoms with Crippen LogP contribution in [0.2, 0.25) is 0 Å². The van der Waals surface area contributed by atoms with Crippen molar-refractivity contribution in [2.75, 3.05) is 6.61 Å². The lowest BCUT2D eigenvalue weighted by Crippen LogP contribution is -2.32. The number of ether oxygens (including phenoxy) is 1. The maximum absolute atomic E-state index is 13.1. The number of esters is 1. The molecule has 0 amide bonds. The van der Waals surface area contributed by atoms with Gasteiger partial charge in [-0.3, -0.25) is 0 Å². The van der Waals surface area contributed by atoms with Gasteiger partial charge in [0.05, 0.1) is 6.61 Å². The molecule has 0 saturated heterocycles. The van der Waals surface area contributed by atoms with Gasteiger partial charge in [-0.2, -0.15) is 5.26 Å². The number of hydrogen-bond donors (Lipinski definition) is 0. The van der Waals surface area contributed by atoms with Gasteiger partial charge in [0.2, 0.25) is 0 Å². The van der Waals surface area contributed by atoms with Crippen LogP contribution in [-0.2, 0) is 9.53 Å². The van der Waals surface area contributed by atoms with E-state index in [0.29, 0.717) is 4.63 Å². The van der Waals surface area contributed by atoms with Crippen molar-refractivity contribution in [1.29, 1.82) is 5.26 Å². The predicted octanol–water partition coefficient (Wildman–Crippen LogP) is 3.89. The van der Waals surface area contributed by atoms with Crippen molar-refractivity contribution in [2.45, 2.75) is 6.92 Å². The molecule has 0 aliphatic heterocycles. The topological polar surface area (TPSA) is 50.1 Å². The largest absolute Gasteiger partial charge is 0.462 e. The molecule has 5 heteroatoms. The van der Waals surface area contributed by atoms with Crippen LogP contribution >= 0.6 is 18.6 Å². The van der Waals surface area contributed by atoms with Crippen LogP contribution in [0.3, 0.4) is 0 Å². The SMILES string of the molecule is CCOC(=O)C(SC#N)=P(c1ccccc1)(c1ccccc1)c1ccccc1. The number of nitriles is 1. The Bertz CT molecular complexity index is 925. The van der Waals surface area contributed by atoms with Crippen LogP contribution in [0.4, 0.5) is 0 Å². The summed E-state index contributed by atoms with van der Waals surface area (Å²) in [5, 5.41) is 14.7. The molecule has 0 bridgehead atoms. The monoisotopic (exact) mass is 405 g/mol. The van der Waals surface area contributed by atoms with E-state index in [4.69, 9.17) is 4.74 Å². The van der Waals surface area contributed by atoms with Gasteiger partial charge < -0.3 is 4.74 Å². The second-order valence-corrected chi connectivity index (χ2v) is 10.3. The second-order valence-electron chi connectivity index (χ2n) is 5.90. The minimum atomic E-state index is -2.58. The van der Waals surface area contributed by atoms with Crippen LogP contribution < -0.4 is 15.9 Å². The lowest BCUT2D eigenvalue weighted by Gasteiger charge is -2.30. The predicted molar refractivity (Wildman–Crippen MR) is 120 cm³/mol. The highest BCUT2D eigenvalue weighted by Gasteiger charge is 2.34. The zero-order valence-corrected chi connectivity index (χ0v) is 17.2. The van der Waals surface area contributed by atoms with Gasteiger partial charge in [-0.1, -0.05) is 91.0 Å². The van der Waals surface area contributed by atoms with Crippen LogP contribution in [0.15, 0.2) is 91.0 Å². The molecule has 0 aliphatic carbocycles. The third kappa shape index (κ3) is 3.78. The summed E-state index contributed by atoms with van der Waals surface area (Å²) in [7, 11) is 0. The molecular formula is C23H20NO2PS. The Morgan fingerprint density at radius 3 is 1.57 bits per heavy atom. The Morgan fingerprint density at radius 1 is 0.857 bits per heavy atom. The van der Waals surface area contributed by atoms with Crippen LogP contribution in [0.5, 0.6) is 0 Å². The van der Waals surface area contributed by atoms with Crippen LogP contribution in [0.1, 0.15) is 6.92 Å². The molecule has 3 aromatic rings. The molecule has 0 heterocycles. The van der Waals surface area contributed by atoms with E-state index in [9.17, 15) is 10.1 Å². The first-order valence-electron chi connectivity index (χ1n) is 8.91. The fraction of sp³-hybridized carbons (Fsp3) is 0.0870. The van der Waals surface area contributed by atoms with Crippen molar-refractivity contribution in [3.8, 4) is 5.40 Å². The number of nitrogens with zero attached hydrogens (tertiary/aromatic N) is 1. The molecule has 140 valence electrons. The number of hydrogen-bond acceptors (Lipinski definition) is 4. The Morgan fingerprint density at radius 2 is 1.25 bits per heavy atom. The molecule has 0 atom stereocenters. The highest BCUT2D eigenvalue weighted by molar-refractivity contribution is 8.29. The van der Waals surface area contributed by atoms with E-state index in [1.807, 2.05) is 91.0 Å². The number of carbonyl (C=O) groups is 1. The van der Waals surface area contributed by atoms with Gasteiger partial charge >= 0.3 is 5.97 Å².